The van der Waals surface area contributed by atoms with E-state index in [1.807, 2.05) is 35.2 Å². The van der Waals surface area contributed by atoms with Crippen LogP contribution in [-0.2, 0) is 22.3 Å². The summed E-state index contributed by atoms with van der Waals surface area (Å²) >= 11 is 0. The molecule has 174 valence electrons. The molecule has 0 spiro atoms. The number of hydrogen-bond donors (Lipinski definition) is 2. The smallest absolute Gasteiger partial charge is 0.355 e. The van der Waals surface area contributed by atoms with Crippen LogP contribution in [0.25, 0.3) is 5.65 Å². The minimum Gasteiger partial charge on any atom is -0.355 e. The zero-order valence-corrected chi connectivity index (χ0v) is 17.5. The van der Waals surface area contributed by atoms with Gasteiger partial charge in [0.25, 0.3) is 5.82 Å². The van der Waals surface area contributed by atoms with Crippen LogP contribution < -0.4 is 15.5 Å². The maximum Gasteiger partial charge on any atom is 0.453 e. The fraction of sp³-hybridized carbons (Fsp3) is 0.381. The van der Waals surface area contributed by atoms with Gasteiger partial charge in [0.2, 0.25) is 11.8 Å². The number of alkyl halides is 3. The molecular weight excluding hydrogens is 439 g/mol. The van der Waals surface area contributed by atoms with E-state index in [4.69, 9.17) is 0 Å². The van der Waals surface area contributed by atoms with E-state index in [0.29, 0.717) is 42.8 Å². The molecule has 12 heteroatoms. The molecule has 0 bridgehead atoms. The average molecular weight is 461 g/mol. The van der Waals surface area contributed by atoms with Gasteiger partial charge in [0.1, 0.15) is 5.82 Å². The summed E-state index contributed by atoms with van der Waals surface area (Å²) in [6, 6.07) is 12.5. The second-order valence-corrected chi connectivity index (χ2v) is 7.72. The third kappa shape index (κ3) is 5.38. The molecule has 1 aromatic carbocycles. The molecule has 1 aliphatic rings. The molecule has 1 saturated heterocycles. The summed E-state index contributed by atoms with van der Waals surface area (Å²) < 4.78 is 39.9. The molecule has 0 radical (unpaired) electrons. The number of nitrogens with zero attached hydrogens (tertiary/aromatic N) is 5. The molecule has 0 unspecified atom stereocenters. The summed E-state index contributed by atoms with van der Waals surface area (Å²) in [7, 11) is 0. The number of carbonyl (C=O) groups excluding carboxylic acids is 2. The Morgan fingerprint density at radius 1 is 1.00 bits per heavy atom. The van der Waals surface area contributed by atoms with Crippen molar-refractivity contribution in [3.8, 4) is 0 Å². The molecule has 2 aromatic heterocycles. The van der Waals surface area contributed by atoms with Crippen molar-refractivity contribution in [2.45, 2.75) is 25.6 Å². The number of benzene rings is 1. The van der Waals surface area contributed by atoms with E-state index in [9.17, 15) is 22.8 Å². The Bertz CT molecular complexity index is 1130. The van der Waals surface area contributed by atoms with Crippen LogP contribution in [0.1, 0.15) is 24.2 Å². The quantitative estimate of drug-likeness (QED) is 0.580. The van der Waals surface area contributed by atoms with E-state index in [0.717, 1.165) is 5.56 Å². The zero-order chi connectivity index (χ0) is 23.4. The van der Waals surface area contributed by atoms with Gasteiger partial charge >= 0.3 is 6.18 Å². The Morgan fingerprint density at radius 2 is 1.73 bits per heavy atom. The predicted octanol–water partition coefficient (Wildman–Crippen LogP) is 1.79. The maximum absolute atomic E-state index is 13.1. The molecule has 2 N–H and O–H groups in total. The molecule has 33 heavy (non-hydrogen) atoms. The highest BCUT2D eigenvalue weighted by atomic mass is 19.4. The Labute approximate surface area is 187 Å². The normalized spacial score (nSPS) is 14.9. The number of rotatable bonds is 6. The third-order valence-corrected chi connectivity index (χ3v) is 5.45. The van der Waals surface area contributed by atoms with Gasteiger partial charge in [0.15, 0.2) is 5.65 Å². The molecule has 3 aromatic rings. The van der Waals surface area contributed by atoms with Crippen molar-refractivity contribution in [1.82, 2.24) is 30.4 Å². The number of hydrogen-bond acceptors (Lipinski definition) is 6. The summed E-state index contributed by atoms with van der Waals surface area (Å²) in [5.41, 5.74) is 0.969. The van der Waals surface area contributed by atoms with E-state index in [-0.39, 0.29) is 29.9 Å². The van der Waals surface area contributed by atoms with Crippen LogP contribution in [0.4, 0.5) is 19.0 Å². The SMILES string of the molecule is O=C(CNC(=O)C1CCN(c2ccc3nnc(C(F)(F)F)n3n2)CC1)NCc1ccccc1. The Morgan fingerprint density at radius 3 is 2.42 bits per heavy atom. The van der Waals surface area contributed by atoms with Gasteiger partial charge in [-0.25, -0.2) is 0 Å². The van der Waals surface area contributed by atoms with Crippen molar-refractivity contribution in [1.29, 1.82) is 0 Å². The topological polar surface area (TPSA) is 105 Å². The molecule has 0 saturated carbocycles. The van der Waals surface area contributed by atoms with Crippen LogP contribution in [-0.4, -0.2) is 51.3 Å². The molecular formula is C21H22F3N7O2. The molecule has 9 nitrogen and oxygen atoms in total. The van der Waals surface area contributed by atoms with Gasteiger partial charge in [-0.1, -0.05) is 30.3 Å². The van der Waals surface area contributed by atoms with Gasteiger partial charge in [-0.05, 0) is 30.5 Å². The lowest BCUT2D eigenvalue weighted by Gasteiger charge is -2.32. The third-order valence-electron chi connectivity index (χ3n) is 5.45. The number of carbonyl (C=O) groups is 2. The van der Waals surface area contributed by atoms with Crippen molar-refractivity contribution >= 4 is 23.3 Å². The van der Waals surface area contributed by atoms with Crippen molar-refractivity contribution in [3.63, 3.8) is 0 Å². The molecule has 4 rings (SSSR count). The van der Waals surface area contributed by atoms with Gasteiger partial charge in [0, 0.05) is 25.6 Å². The van der Waals surface area contributed by atoms with E-state index in [1.54, 1.807) is 6.07 Å². The second-order valence-electron chi connectivity index (χ2n) is 7.72. The van der Waals surface area contributed by atoms with Crippen LogP contribution >= 0.6 is 0 Å². The van der Waals surface area contributed by atoms with Crippen LogP contribution in [0.3, 0.4) is 0 Å². The minimum atomic E-state index is -4.66. The summed E-state index contributed by atoms with van der Waals surface area (Å²) in [6.45, 7) is 1.16. The molecule has 1 aliphatic heterocycles. The number of amides is 2. The van der Waals surface area contributed by atoms with Crippen LogP contribution in [0.2, 0.25) is 0 Å². The molecule has 1 fully saturated rings. The second kappa shape index (κ2) is 9.43. The predicted molar refractivity (Wildman–Crippen MR) is 112 cm³/mol. The van der Waals surface area contributed by atoms with Crippen LogP contribution in [0.5, 0.6) is 0 Å². The van der Waals surface area contributed by atoms with E-state index < -0.39 is 12.0 Å². The summed E-state index contributed by atoms with van der Waals surface area (Å²) in [5.74, 6) is -1.61. The minimum absolute atomic E-state index is 0.00544. The van der Waals surface area contributed by atoms with Gasteiger partial charge in [-0.2, -0.15) is 17.7 Å². The summed E-state index contributed by atoms with van der Waals surface area (Å²) in [6.07, 6.45) is -3.68. The lowest BCUT2D eigenvalue weighted by atomic mass is 9.96. The Balaban J connectivity index is 1.27. The number of nitrogens with one attached hydrogen (secondary N) is 2. The first-order valence-electron chi connectivity index (χ1n) is 10.4. The number of halogens is 3. The zero-order valence-electron chi connectivity index (χ0n) is 17.5. The van der Waals surface area contributed by atoms with Gasteiger partial charge in [0.05, 0.1) is 6.54 Å². The van der Waals surface area contributed by atoms with Crippen molar-refractivity contribution in [2.75, 3.05) is 24.5 Å². The highest BCUT2D eigenvalue weighted by molar-refractivity contribution is 5.85. The van der Waals surface area contributed by atoms with Crippen LogP contribution in [0.15, 0.2) is 42.5 Å². The fourth-order valence-corrected chi connectivity index (χ4v) is 3.67. The number of fused-ring (bicyclic) bond motifs is 1. The van der Waals surface area contributed by atoms with E-state index in [2.05, 4.69) is 25.9 Å². The first-order chi connectivity index (χ1) is 15.8. The van der Waals surface area contributed by atoms with Crippen molar-refractivity contribution in [3.05, 3.63) is 53.9 Å². The van der Waals surface area contributed by atoms with Crippen molar-refractivity contribution < 1.29 is 22.8 Å². The van der Waals surface area contributed by atoms with E-state index in [1.165, 1.54) is 6.07 Å². The molecule has 2 amide bonds. The van der Waals surface area contributed by atoms with Gasteiger partial charge in [-0.3, -0.25) is 9.59 Å². The lowest BCUT2D eigenvalue weighted by Crippen LogP contribution is -2.43. The maximum atomic E-state index is 13.1. The number of anilines is 1. The lowest BCUT2D eigenvalue weighted by molar-refractivity contribution is -0.146. The highest BCUT2D eigenvalue weighted by Crippen LogP contribution is 2.28. The summed E-state index contributed by atoms with van der Waals surface area (Å²) in [4.78, 5) is 26.2. The molecule has 0 atom stereocenters. The Hall–Kier alpha value is -3.70. The van der Waals surface area contributed by atoms with E-state index >= 15 is 0 Å². The standard InChI is InChI=1S/C21H22F3N7O2/c22-21(23,24)20-28-27-16-6-7-17(29-31(16)20)30-10-8-15(9-11-30)19(33)26-13-18(32)25-12-14-4-2-1-3-5-14/h1-7,15H,8-13H2,(H,25,32)(H,26,33). The van der Waals surface area contributed by atoms with Gasteiger partial charge < -0.3 is 15.5 Å². The van der Waals surface area contributed by atoms with Gasteiger partial charge in [-0.15, -0.1) is 15.3 Å². The highest BCUT2D eigenvalue weighted by Gasteiger charge is 2.38. The fourth-order valence-electron chi connectivity index (χ4n) is 3.67. The number of piperidine rings is 1. The molecule has 0 aliphatic carbocycles. The number of aromatic nitrogens is 4. The van der Waals surface area contributed by atoms with Crippen LogP contribution in [0, 0.1) is 5.92 Å². The first-order valence-corrected chi connectivity index (χ1v) is 10.4. The first kappa shape index (κ1) is 22.5. The van der Waals surface area contributed by atoms with Crippen molar-refractivity contribution in [2.24, 2.45) is 5.92 Å². The largest absolute Gasteiger partial charge is 0.453 e. The molecule has 3 heterocycles. The average Bonchev–Trinajstić information content (AvgIpc) is 3.26. The monoisotopic (exact) mass is 461 g/mol. The summed E-state index contributed by atoms with van der Waals surface area (Å²) in [5, 5.41) is 16.1. The Kier molecular flexibility index (Phi) is 6.43.